The number of nitrogens with one attached hydrogen (secondary N) is 1. The molecule has 0 radical (unpaired) electrons. The number of rotatable bonds is 5. The lowest BCUT2D eigenvalue weighted by molar-refractivity contribution is -0.128. The number of likely N-dealkylation sites (N-methyl/N-ethyl adjacent to an activating group) is 1. The molecule has 22 heavy (non-hydrogen) atoms. The predicted octanol–water partition coefficient (Wildman–Crippen LogP) is 4.12. The van der Waals surface area contributed by atoms with Crippen molar-refractivity contribution in [3.63, 3.8) is 0 Å². The Morgan fingerprint density at radius 1 is 1.18 bits per heavy atom. The van der Waals surface area contributed by atoms with Crippen molar-refractivity contribution in [2.75, 3.05) is 18.9 Å². The molecule has 1 heterocycles. The second kappa shape index (κ2) is 6.97. The standard InChI is InChI=1S/C18H24N2OS/c1-18(2,3)15-9-5-6-10-16(15)19-12-17(21)20(4)13-14-8-7-11-22-14/h5-11,19H,12-13H2,1-4H3. The largest absolute Gasteiger partial charge is 0.376 e. The molecule has 0 aliphatic carbocycles. The molecule has 1 amide bonds. The minimum Gasteiger partial charge on any atom is -0.376 e. The van der Waals surface area contributed by atoms with Crippen LogP contribution in [0.5, 0.6) is 0 Å². The van der Waals surface area contributed by atoms with E-state index < -0.39 is 0 Å². The van der Waals surface area contributed by atoms with Crippen LogP contribution in [0.1, 0.15) is 31.2 Å². The zero-order chi connectivity index (χ0) is 16.2. The Hall–Kier alpha value is -1.81. The first-order valence-electron chi connectivity index (χ1n) is 7.47. The van der Waals surface area contributed by atoms with Gasteiger partial charge in [-0.1, -0.05) is 45.0 Å². The first-order chi connectivity index (χ1) is 10.4. The van der Waals surface area contributed by atoms with E-state index in [0.29, 0.717) is 13.1 Å². The van der Waals surface area contributed by atoms with E-state index in [4.69, 9.17) is 0 Å². The SMILES string of the molecule is CN(Cc1cccs1)C(=O)CNc1ccccc1C(C)(C)C. The van der Waals surface area contributed by atoms with Crippen molar-refractivity contribution in [2.45, 2.75) is 32.7 Å². The van der Waals surface area contributed by atoms with Crippen LogP contribution in [0.2, 0.25) is 0 Å². The molecule has 1 aromatic heterocycles. The lowest BCUT2D eigenvalue weighted by Crippen LogP contribution is -2.32. The molecule has 0 bridgehead atoms. The van der Waals surface area contributed by atoms with Crippen LogP contribution in [-0.2, 0) is 16.8 Å². The Bertz CT molecular complexity index is 614. The highest BCUT2D eigenvalue weighted by atomic mass is 32.1. The Labute approximate surface area is 137 Å². The van der Waals surface area contributed by atoms with Gasteiger partial charge in [-0.05, 0) is 28.5 Å². The second-order valence-electron chi connectivity index (χ2n) is 6.48. The number of thiophene rings is 1. The summed E-state index contributed by atoms with van der Waals surface area (Å²) in [6.45, 7) is 7.52. The lowest BCUT2D eigenvalue weighted by atomic mass is 9.86. The zero-order valence-corrected chi connectivity index (χ0v) is 14.5. The normalized spacial score (nSPS) is 11.3. The van der Waals surface area contributed by atoms with Crippen LogP contribution in [0.4, 0.5) is 5.69 Å². The minimum absolute atomic E-state index is 0.0511. The van der Waals surface area contributed by atoms with Gasteiger partial charge in [0.15, 0.2) is 0 Å². The Balaban J connectivity index is 1.97. The first-order valence-corrected chi connectivity index (χ1v) is 8.35. The van der Waals surface area contributed by atoms with Crippen molar-refractivity contribution in [2.24, 2.45) is 0 Å². The summed E-state index contributed by atoms with van der Waals surface area (Å²) in [7, 11) is 1.85. The number of amides is 1. The summed E-state index contributed by atoms with van der Waals surface area (Å²) in [4.78, 5) is 15.2. The van der Waals surface area contributed by atoms with Crippen molar-refractivity contribution in [3.8, 4) is 0 Å². The van der Waals surface area contributed by atoms with Crippen LogP contribution in [-0.4, -0.2) is 24.4 Å². The molecular formula is C18H24N2OS. The van der Waals surface area contributed by atoms with Gasteiger partial charge in [-0.3, -0.25) is 4.79 Å². The summed E-state index contributed by atoms with van der Waals surface area (Å²) >= 11 is 1.67. The molecule has 2 rings (SSSR count). The number of para-hydroxylation sites is 1. The van der Waals surface area contributed by atoms with Gasteiger partial charge in [-0.2, -0.15) is 0 Å². The van der Waals surface area contributed by atoms with Gasteiger partial charge in [0.05, 0.1) is 13.1 Å². The quantitative estimate of drug-likeness (QED) is 0.900. The fraction of sp³-hybridized carbons (Fsp3) is 0.389. The molecule has 118 valence electrons. The summed E-state index contributed by atoms with van der Waals surface area (Å²) in [6.07, 6.45) is 0. The first kappa shape index (κ1) is 16.6. The maximum atomic E-state index is 12.3. The van der Waals surface area contributed by atoms with Crippen molar-refractivity contribution >= 4 is 22.9 Å². The smallest absolute Gasteiger partial charge is 0.241 e. The molecule has 2 aromatic rings. The molecule has 0 unspecified atom stereocenters. The van der Waals surface area contributed by atoms with E-state index in [1.165, 1.54) is 10.4 Å². The van der Waals surface area contributed by atoms with Gasteiger partial charge in [0.1, 0.15) is 0 Å². The van der Waals surface area contributed by atoms with E-state index in [-0.39, 0.29) is 11.3 Å². The molecular weight excluding hydrogens is 292 g/mol. The maximum Gasteiger partial charge on any atom is 0.241 e. The number of benzene rings is 1. The zero-order valence-electron chi connectivity index (χ0n) is 13.7. The molecule has 3 nitrogen and oxygen atoms in total. The van der Waals surface area contributed by atoms with E-state index in [1.807, 2.05) is 36.7 Å². The van der Waals surface area contributed by atoms with Crippen LogP contribution in [0.25, 0.3) is 0 Å². The molecule has 0 saturated carbocycles. The van der Waals surface area contributed by atoms with Gasteiger partial charge in [0, 0.05) is 17.6 Å². The van der Waals surface area contributed by atoms with Crippen molar-refractivity contribution in [1.29, 1.82) is 0 Å². The average Bonchev–Trinajstić information content (AvgIpc) is 2.97. The van der Waals surface area contributed by atoms with E-state index in [1.54, 1.807) is 16.2 Å². The maximum absolute atomic E-state index is 12.3. The van der Waals surface area contributed by atoms with Crippen molar-refractivity contribution < 1.29 is 4.79 Å². The average molecular weight is 316 g/mol. The fourth-order valence-electron chi connectivity index (χ4n) is 2.32. The highest BCUT2D eigenvalue weighted by Crippen LogP contribution is 2.29. The number of hydrogen-bond acceptors (Lipinski definition) is 3. The van der Waals surface area contributed by atoms with E-state index in [0.717, 1.165) is 5.69 Å². The minimum atomic E-state index is 0.0511. The molecule has 0 aliphatic rings. The number of hydrogen-bond donors (Lipinski definition) is 1. The third-order valence-electron chi connectivity index (χ3n) is 3.56. The third kappa shape index (κ3) is 4.34. The summed E-state index contributed by atoms with van der Waals surface area (Å²) in [6, 6.07) is 12.2. The summed E-state index contributed by atoms with van der Waals surface area (Å²) < 4.78 is 0. The molecule has 1 aromatic carbocycles. The molecule has 0 spiro atoms. The molecule has 0 fully saturated rings. The van der Waals surface area contributed by atoms with Gasteiger partial charge in [0.25, 0.3) is 0 Å². The number of carbonyl (C=O) groups is 1. The number of anilines is 1. The topological polar surface area (TPSA) is 32.3 Å². The van der Waals surface area contributed by atoms with E-state index in [2.05, 4.69) is 38.2 Å². The Morgan fingerprint density at radius 2 is 1.91 bits per heavy atom. The van der Waals surface area contributed by atoms with E-state index in [9.17, 15) is 4.79 Å². The predicted molar refractivity (Wildman–Crippen MR) is 94.4 cm³/mol. The molecule has 0 atom stereocenters. The fourth-order valence-corrected chi connectivity index (χ4v) is 3.08. The lowest BCUT2D eigenvalue weighted by Gasteiger charge is -2.24. The van der Waals surface area contributed by atoms with Gasteiger partial charge in [-0.25, -0.2) is 0 Å². The number of nitrogens with zero attached hydrogens (tertiary/aromatic N) is 1. The van der Waals surface area contributed by atoms with Crippen LogP contribution in [0.3, 0.4) is 0 Å². The summed E-state index contributed by atoms with van der Waals surface area (Å²) in [5, 5.41) is 5.33. The van der Waals surface area contributed by atoms with Gasteiger partial charge in [0.2, 0.25) is 5.91 Å². The van der Waals surface area contributed by atoms with Gasteiger partial charge in [-0.15, -0.1) is 11.3 Å². The Morgan fingerprint density at radius 3 is 2.55 bits per heavy atom. The van der Waals surface area contributed by atoms with Crippen LogP contribution in [0, 0.1) is 0 Å². The molecule has 4 heteroatoms. The highest BCUT2D eigenvalue weighted by Gasteiger charge is 2.18. The Kier molecular flexibility index (Phi) is 5.24. The second-order valence-corrected chi connectivity index (χ2v) is 7.51. The summed E-state index contributed by atoms with van der Waals surface area (Å²) in [5.41, 5.74) is 2.31. The van der Waals surface area contributed by atoms with Crippen LogP contribution in [0.15, 0.2) is 41.8 Å². The van der Waals surface area contributed by atoms with Crippen molar-refractivity contribution in [3.05, 3.63) is 52.2 Å². The molecule has 0 saturated heterocycles. The summed E-state index contributed by atoms with van der Waals surface area (Å²) in [5.74, 6) is 0.0945. The monoisotopic (exact) mass is 316 g/mol. The van der Waals surface area contributed by atoms with Gasteiger partial charge < -0.3 is 10.2 Å². The molecule has 1 N–H and O–H groups in total. The van der Waals surface area contributed by atoms with Crippen molar-refractivity contribution in [1.82, 2.24) is 4.90 Å². The molecule has 0 aliphatic heterocycles. The van der Waals surface area contributed by atoms with Crippen LogP contribution < -0.4 is 5.32 Å². The highest BCUT2D eigenvalue weighted by molar-refractivity contribution is 7.09. The van der Waals surface area contributed by atoms with Crippen LogP contribution >= 0.6 is 11.3 Å². The van der Waals surface area contributed by atoms with Gasteiger partial charge >= 0.3 is 0 Å². The third-order valence-corrected chi connectivity index (χ3v) is 4.43. The van der Waals surface area contributed by atoms with E-state index >= 15 is 0 Å². The number of carbonyl (C=O) groups excluding carboxylic acids is 1.